The van der Waals surface area contributed by atoms with E-state index in [2.05, 4.69) is 48.8 Å². The molecule has 31 heavy (non-hydrogen) atoms. The first-order chi connectivity index (χ1) is 14.6. The zero-order valence-corrected chi connectivity index (χ0v) is 21.1. The minimum absolute atomic E-state index is 0. The van der Waals surface area contributed by atoms with Gasteiger partial charge in [-0.3, -0.25) is 4.99 Å². The molecular formula is C23H30ClIN6. The summed E-state index contributed by atoms with van der Waals surface area (Å²) in [4.78, 5) is 14.7. The summed E-state index contributed by atoms with van der Waals surface area (Å²) in [6.45, 7) is 4.85. The lowest BCUT2D eigenvalue weighted by molar-refractivity contribution is 0.459. The average molecular weight is 553 g/mol. The normalized spacial score (nSPS) is 15.1. The number of pyridine rings is 1. The van der Waals surface area contributed by atoms with Crippen LogP contribution in [-0.2, 0) is 6.42 Å². The highest BCUT2D eigenvalue weighted by Gasteiger charge is 2.21. The molecule has 1 saturated heterocycles. The van der Waals surface area contributed by atoms with Crippen LogP contribution in [0, 0.1) is 6.92 Å². The smallest absolute Gasteiger partial charge is 0.191 e. The largest absolute Gasteiger partial charge is 0.361 e. The quantitative estimate of drug-likeness (QED) is 0.247. The minimum Gasteiger partial charge on any atom is -0.361 e. The van der Waals surface area contributed by atoms with Crippen LogP contribution >= 0.6 is 35.6 Å². The van der Waals surface area contributed by atoms with Crippen molar-refractivity contribution in [1.29, 1.82) is 0 Å². The molecule has 0 saturated carbocycles. The van der Waals surface area contributed by atoms with Crippen molar-refractivity contribution in [3.05, 3.63) is 58.9 Å². The van der Waals surface area contributed by atoms with Crippen molar-refractivity contribution in [1.82, 2.24) is 20.6 Å². The van der Waals surface area contributed by atoms with E-state index in [-0.39, 0.29) is 24.0 Å². The first-order valence-corrected chi connectivity index (χ1v) is 10.9. The highest BCUT2D eigenvalue weighted by Crippen LogP contribution is 2.22. The van der Waals surface area contributed by atoms with Crippen molar-refractivity contribution in [3.8, 4) is 0 Å². The lowest BCUT2D eigenvalue weighted by Gasteiger charge is -2.34. The van der Waals surface area contributed by atoms with Crippen LogP contribution in [0.2, 0.25) is 5.02 Å². The number of piperidine rings is 1. The Morgan fingerprint density at radius 1 is 1.26 bits per heavy atom. The molecule has 4 rings (SSSR count). The monoisotopic (exact) mass is 552 g/mol. The molecule has 0 spiro atoms. The van der Waals surface area contributed by atoms with Gasteiger partial charge in [0.1, 0.15) is 5.82 Å². The molecule has 2 aromatic heterocycles. The molecule has 1 aliphatic heterocycles. The second-order valence-electron chi connectivity index (χ2n) is 7.80. The zero-order chi connectivity index (χ0) is 20.9. The van der Waals surface area contributed by atoms with Gasteiger partial charge in [-0.05, 0) is 62.1 Å². The summed E-state index contributed by atoms with van der Waals surface area (Å²) >= 11 is 6.15. The van der Waals surface area contributed by atoms with Gasteiger partial charge in [0.2, 0.25) is 0 Å². The number of hydrogen-bond acceptors (Lipinski definition) is 3. The predicted octanol–water partition coefficient (Wildman–Crippen LogP) is 4.52. The predicted molar refractivity (Wildman–Crippen MR) is 141 cm³/mol. The second-order valence-corrected chi connectivity index (χ2v) is 8.23. The van der Waals surface area contributed by atoms with Crippen LogP contribution in [0.25, 0.3) is 10.9 Å². The molecule has 0 atom stereocenters. The van der Waals surface area contributed by atoms with Crippen molar-refractivity contribution in [3.63, 3.8) is 0 Å². The molecule has 0 bridgehead atoms. The van der Waals surface area contributed by atoms with E-state index in [9.17, 15) is 0 Å². The van der Waals surface area contributed by atoms with E-state index in [1.807, 2.05) is 38.2 Å². The van der Waals surface area contributed by atoms with Gasteiger partial charge in [0.25, 0.3) is 0 Å². The summed E-state index contributed by atoms with van der Waals surface area (Å²) < 4.78 is 0. The van der Waals surface area contributed by atoms with Gasteiger partial charge in [-0.2, -0.15) is 0 Å². The van der Waals surface area contributed by atoms with Gasteiger partial charge < -0.3 is 20.5 Å². The maximum absolute atomic E-state index is 6.15. The van der Waals surface area contributed by atoms with Crippen LogP contribution in [0.4, 0.5) is 5.82 Å². The molecule has 3 N–H and O–H groups in total. The zero-order valence-electron chi connectivity index (χ0n) is 18.0. The Bertz CT molecular complexity index is 1030. The number of guanidine groups is 1. The van der Waals surface area contributed by atoms with E-state index in [0.717, 1.165) is 66.9 Å². The fraction of sp³-hybridized carbons (Fsp3) is 0.391. The van der Waals surface area contributed by atoms with Crippen molar-refractivity contribution < 1.29 is 0 Å². The number of halogens is 2. The van der Waals surface area contributed by atoms with Gasteiger partial charge in [-0.15, -0.1) is 24.0 Å². The molecule has 1 fully saturated rings. The van der Waals surface area contributed by atoms with Crippen molar-refractivity contribution in [2.75, 3.05) is 31.6 Å². The van der Waals surface area contributed by atoms with Gasteiger partial charge >= 0.3 is 0 Å². The molecule has 8 heteroatoms. The highest BCUT2D eigenvalue weighted by molar-refractivity contribution is 14.0. The van der Waals surface area contributed by atoms with E-state index in [0.29, 0.717) is 6.04 Å². The summed E-state index contributed by atoms with van der Waals surface area (Å²) in [5.74, 6) is 1.94. The standard InChI is InChI=1S/C23H29ClN6.HI/c1-16-4-3-5-22(28-16)30-12-9-19(10-13-30)29-23(25-2)26-11-8-17-15-27-21-7-6-18(24)14-20(17)21;/h3-7,14-15,19,27H,8-13H2,1-2H3,(H2,25,26,29);1H. The number of hydrogen-bond donors (Lipinski definition) is 3. The van der Waals surface area contributed by atoms with Crippen molar-refractivity contribution >= 4 is 58.3 Å². The fourth-order valence-electron chi connectivity index (χ4n) is 4.02. The SMILES string of the molecule is CN=C(NCCc1c[nH]c2ccc(Cl)cc12)NC1CCN(c2cccc(C)n2)CC1.I. The molecule has 3 aromatic rings. The average Bonchev–Trinajstić information content (AvgIpc) is 3.15. The Labute approximate surface area is 205 Å². The minimum atomic E-state index is 0. The Hall–Kier alpha value is -2.00. The molecule has 0 unspecified atom stereocenters. The molecular weight excluding hydrogens is 523 g/mol. The number of nitrogens with one attached hydrogen (secondary N) is 3. The summed E-state index contributed by atoms with van der Waals surface area (Å²) in [5, 5.41) is 8.98. The van der Waals surface area contributed by atoms with Crippen molar-refractivity contribution in [2.24, 2.45) is 4.99 Å². The van der Waals surface area contributed by atoms with E-state index < -0.39 is 0 Å². The number of benzene rings is 1. The highest BCUT2D eigenvalue weighted by atomic mass is 127. The third kappa shape index (κ3) is 6.04. The lowest BCUT2D eigenvalue weighted by Crippen LogP contribution is -2.49. The molecule has 6 nitrogen and oxygen atoms in total. The number of H-pyrrole nitrogens is 1. The van der Waals surface area contributed by atoms with E-state index in [1.54, 1.807) is 0 Å². The summed E-state index contributed by atoms with van der Waals surface area (Å²) in [6, 6.07) is 12.6. The molecule has 0 aliphatic carbocycles. The van der Waals surface area contributed by atoms with E-state index in [4.69, 9.17) is 11.6 Å². The maximum Gasteiger partial charge on any atom is 0.191 e. The number of nitrogens with zero attached hydrogens (tertiary/aromatic N) is 3. The number of aliphatic imine (C=N–C) groups is 1. The Morgan fingerprint density at radius 3 is 2.81 bits per heavy atom. The second kappa shape index (κ2) is 11.0. The third-order valence-corrected chi connectivity index (χ3v) is 5.91. The van der Waals surface area contributed by atoms with Crippen LogP contribution in [0.3, 0.4) is 0 Å². The molecule has 166 valence electrons. The van der Waals surface area contributed by atoms with Gasteiger partial charge in [-0.25, -0.2) is 4.98 Å². The fourth-order valence-corrected chi connectivity index (χ4v) is 4.19. The van der Waals surface area contributed by atoms with Crippen LogP contribution in [0.15, 0.2) is 47.6 Å². The topological polar surface area (TPSA) is 68.3 Å². The number of rotatable bonds is 5. The van der Waals surface area contributed by atoms with Crippen LogP contribution in [0.5, 0.6) is 0 Å². The van der Waals surface area contributed by atoms with Gasteiger partial charge in [0, 0.05) is 60.5 Å². The van der Waals surface area contributed by atoms with Crippen LogP contribution < -0.4 is 15.5 Å². The van der Waals surface area contributed by atoms with E-state index in [1.165, 1.54) is 10.9 Å². The molecule has 3 heterocycles. The number of fused-ring (bicyclic) bond motifs is 1. The Balaban J connectivity index is 0.00000272. The number of aromatic nitrogens is 2. The van der Waals surface area contributed by atoms with Crippen LogP contribution in [-0.4, -0.2) is 48.7 Å². The Kier molecular flexibility index (Phi) is 8.43. The molecule has 1 aliphatic rings. The number of aromatic amines is 1. The third-order valence-electron chi connectivity index (χ3n) is 5.67. The molecule has 0 amide bonds. The Morgan fingerprint density at radius 2 is 2.06 bits per heavy atom. The van der Waals surface area contributed by atoms with Crippen LogP contribution in [0.1, 0.15) is 24.1 Å². The first kappa shape index (κ1) is 23.7. The summed E-state index contributed by atoms with van der Waals surface area (Å²) in [6.07, 6.45) is 5.10. The number of anilines is 1. The van der Waals surface area contributed by atoms with E-state index >= 15 is 0 Å². The molecule has 0 radical (unpaired) electrons. The maximum atomic E-state index is 6.15. The first-order valence-electron chi connectivity index (χ1n) is 10.5. The van der Waals surface area contributed by atoms with Crippen molar-refractivity contribution in [2.45, 2.75) is 32.2 Å². The van der Waals surface area contributed by atoms with Gasteiger partial charge in [-0.1, -0.05) is 17.7 Å². The molecule has 1 aromatic carbocycles. The lowest BCUT2D eigenvalue weighted by atomic mass is 10.1. The van der Waals surface area contributed by atoms with Gasteiger partial charge in [0.05, 0.1) is 0 Å². The summed E-state index contributed by atoms with van der Waals surface area (Å²) in [5.41, 5.74) is 3.44. The summed E-state index contributed by atoms with van der Waals surface area (Å²) in [7, 11) is 1.83. The van der Waals surface area contributed by atoms with Gasteiger partial charge in [0.15, 0.2) is 5.96 Å². The number of aryl methyl sites for hydroxylation is 1.